The molecule has 2 amide bonds. The van der Waals surface area contributed by atoms with Crippen molar-refractivity contribution in [3.05, 3.63) is 0 Å². The number of piperidine rings is 1. The molecule has 1 rings (SSSR count). The average molecular weight is 223 g/mol. The van der Waals surface area contributed by atoms with Gasteiger partial charge in [0.1, 0.15) is 6.04 Å². The van der Waals surface area contributed by atoms with E-state index in [1.54, 1.807) is 0 Å². The molecule has 1 saturated heterocycles. The molecule has 1 heterocycles. The summed E-state index contributed by atoms with van der Waals surface area (Å²) in [5.74, 6) is 0.714. The summed E-state index contributed by atoms with van der Waals surface area (Å²) in [6, 6.07) is 1.71. The summed E-state index contributed by atoms with van der Waals surface area (Å²) in [4.78, 5) is 13.6. The molecule has 0 radical (unpaired) electrons. The monoisotopic (exact) mass is 223 g/mol. The SMILES string of the molecule is CCCC(C#N)NC(=O)N1CCC(C)CC1. The third-order valence-corrected chi connectivity index (χ3v) is 3.10. The van der Waals surface area contributed by atoms with E-state index in [1.165, 1.54) is 0 Å². The van der Waals surface area contributed by atoms with Crippen molar-refractivity contribution in [1.29, 1.82) is 5.26 Å². The van der Waals surface area contributed by atoms with E-state index in [4.69, 9.17) is 5.26 Å². The molecule has 0 aromatic carbocycles. The van der Waals surface area contributed by atoms with Crippen molar-refractivity contribution in [1.82, 2.24) is 10.2 Å². The molecule has 1 unspecified atom stereocenters. The van der Waals surface area contributed by atoms with Crippen molar-refractivity contribution in [2.24, 2.45) is 5.92 Å². The predicted molar refractivity (Wildman–Crippen MR) is 62.8 cm³/mol. The Morgan fingerprint density at radius 2 is 2.19 bits per heavy atom. The van der Waals surface area contributed by atoms with Crippen LogP contribution in [-0.2, 0) is 0 Å². The van der Waals surface area contributed by atoms with Gasteiger partial charge in [0, 0.05) is 13.1 Å². The van der Waals surface area contributed by atoms with Crippen LogP contribution in [0.1, 0.15) is 39.5 Å². The van der Waals surface area contributed by atoms with Crippen molar-refractivity contribution < 1.29 is 4.79 Å². The molecule has 1 aliphatic rings. The van der Waals surface area contributed by atoms with Crippen LogP contribution in [-0.4, -0.2) is 30.1 Å². The molecule has 0 spiro atoms. The average Bonchev–Trinajstić information content (AvgIpc) is 2.29. The number of likely N-dealkylation sites (tertiary alicyclic amines) is 1. The van der Waals surface area contributed by atoms with E-state index in [9.17, 15) is 4.79 Å². The first kappa shape index (κ1) is 12.8. The molecule has 1 atom stereocenters. The Bertz CT molecular complexity index is 264. The normalized spacial score (nSPS) is 18.9. The highest BCUT2D eigenvalue weighted by atomic mass is 16.2. The van der Waals surface area contributed by atoms with Gasteiger partial charge in [-0.1, -0.05) is 20.3 Å². The van der Waals surface area contributed by atoms with Gasteiger partial charge in [-0.2, -0.15) is 5.26 Å². The van der Waals surface area contributed by atoms with Crippen LogP contribution in [0.25, 0.3) is 0 Å². The minimum absolute atomic E-state index is 0.0769. The summed E-state index contributed by atoms with van der Waals surface area (Å²) in [5, 5.41) is 11.6. The minimum atomic E-state index is -0.336. The zero-order chi connectivity index (χ0) is 12.0. The molecule has 0 saturated carbocycles. The van der Waals surface area contributed by atoms with Gasteiger partial charge in [-0.3, -0.25) is 0 Å². The van der Waals surface area contributed by atoms with Crippen LogP contribution in [0.15, 0.2) is 0 Å². The van der Waals surface area contributed by atoms with Gasteiger partial charge < -0.3 is 10.2 Å². The Labute approximate surface area is 97.6 Å². The van der Waals surface area contributed by atoms with Gasteiger partial charge in [-0.05, 0) is 25.2 Å². The fourth-order valence-corrected chi connectivity index (χ4v) is 1.91. The zero-order valence-corrected chi connectivity index (χ0v) is 10.2. The Morgan fingerprint density at radius 1 is 1.56 bits per heavy atom. The van der Waals surface area contributed by atoms with Gasteiger partial charge in [0.2, 0.25) is 0 Å². The summed E-state index contributed by atoms with van der Waals surface area (Å²) < 4.78 is 0. The quantitative estimate of drug-likeness (QED) is 0.796. The fraction of sp³-hybridized carbons (Fsp3) is 0.833. The van der Waals surface area contributed by atoms with Crippen molar-refractivity contribution in [2.75, 3.05) is 13.1 Å². The minimum Gasteiger partial charge on any atom is -0.325 e. The third-order valence-electron chi connectivity index (χ3n) is 3.10. The second-order valence-corrected chi connectivity index (χ2v) is 4.59. The lowest BCUT2D eigenvalue weighted by Crippen LogP contribution is -2.47. The number of hydrogen-bond donors (Lipinski definition) is 1. The summed E-state index contributed by atoms with van der Waals surface area (Å²) in [7, 11) is 0. The summed E-state index contributed by atoms with van der Waals surface area (Å²) in [6.45, 7) is 5.86. The van der Waals surface area contributed by atoms with Crippen LogP contribution in [0.5, 0.6) is 0 Å². The molecule has 90 valence electrons. The van der Waals surface area contributed by atoms with E-state index >= 15 is 0 Å². The number of rotatable bonds is 3. The Balaban J connectivity index is 2.37. The number of amides is 2. The molecule has 1 fully saturated rings. The predicted octanol–water partition coefficient (Wildman–Crippen LogP) is 2.12. The van der Waals surface area contributed by atoms with E-state index in [0.29, 0.717) is 5.92 Å². The molecule has 0 aliphatic carbocycles. The number of carbonyl (C=O) groups is 1. The van der Waals surface area contributed by atoms with E-state index in [2.05, 4.69) is 18.3 Å². The maximum Gasteiger partial charge on any atom is 0.318 e. The van der Waals surface area contributed by atoms with Crippen molar-refractivity contribution in [2.45, 2.75) is 45.6 Å². The van der Waals surface area contributed by atoms with Gasteiger partial charge in [-0.15, -0.1) is 0 Å². The van der Waals surface area contributed by atoms with Gasteiger partial charge in [0.15, 0.2) is 0 Å². The second kappa shape index (κ2) is 6.37. The molecule has 0 aromatic rings. The Kier molecular flexibility index (Phi) is 5.10. The van der Waals surface area contributed by atoms with Crippen LogP contribution in [0, 0.1) is 17.2 Å². The van der Waals surface area contributed by atoms with Crippen molar-refractivity contribution in [3.63, 3.8) is 0 Å². The third kappa shape index (κ3) is 3.73. The molecular weight excluding hydrogens is 202 g/mol. The Hall–Kier alpha value is -1.24. The molecule has 16 heavy (non-hydrogen) atoms. The molecule has 4 heteroatoms. The lowest BCUT2D eigenvalue weighted by atomic mass is 10.00. The molecule has 0 bridgehead atoms. The summed E-state index contributed by atoms with van der Waals surface area (Å²) in [5.41, 5.74) is 0. The first-order valence-corrected chi connectivity index (χ1v) is 6.12. The smallest absolute Gasteiger partial charge is 0.318 e. The van der Waals surface area contributed by atoms with Crippen molar-refractivity contribution in [3.8, 4) is 6.07 Å². The summed E-state index contributed by atoms with van der Waals surface area (Å²) >= 11 is 0. The highest BCUT2D eigenvalue weighted by Crippen LogP contribution is 2.15. The first-order chi connectivity index (χ1) is 7.67. The van der Waals surface area contributed by atoms with E-state index in [-0.39, 0.29) is 12.1 Å². The lowest BCUT2D eigenvalue weighted by Gasteiger charge is -2.30. The van der Waals surface area contributed by atoms with Crippen LogP contribution >= 0.6 is 0 Å². The number of carbonyl (C=O) groups excluding carboxylic acids is 1. The lowest BCUT2D eigenvalue weighted by molar-refractivity contribution is 0.172. The number of hydrogen-bond acceptors (Lipinski definition) is 2. The highest BCUT2D eigenvalue weighted by Gasteiger charge is 2.21. The van der Waals surface area contributed by atoms with Gasteiger partial charge in [0.05, 0.1) is 6.07 Å². The zero-order valence-electron chi connectivity index (χ0n) is 10.2. The molecule has 0 aromatic heterocycles. The largest absolute Gasteiger partial charge is 0.325 e. The molecule has 1 aliphatic heterocycles. The first-order valence-electron chi connectivity index (χ1n) is 6.12. The van der Waals surface area contributed by atoms with Crippen LogP contribution < -0.4 is 5.32 Å². The van der Waals surface area contributed by atoms with E-state index in [0.717, 1.165) is 38.8 Å². The highest BCUT2D eigenvalue weighted by molar-refractivity contribution is 5.74. The Morgan fingerprint density at radius 3 is 2.69 bits per heavy atom. The van der Waals surface area contributed by atoms with Gasteiger partial charge >= 0.3 is 6.03 Å². The van der Waals surface area contributed by atoms with E-state index in [1.807, 2.05) is 11.8 Å². The van der Waals surface area contributed by atoms with Gasteiger partial charge in [-0.25, -0.2) is 4.79 Å². The standard InChI is InChI=1S/C12H21N3O/c1-3-4-11(9-13)14-12(16)15-7-5-10(2)6-8-15/h10-11H,3-8H2,1-2H3,(H,14,16). The maximum absolute atomic E-state index is 11.8. The maximum atomic E-state index is 11.8. The fourth-order valence-electron chi connectivity index (χ4n) is 1.91. The van der Waals surface area contributed by atoms with Crippen molar-refractivity contribution >= 4 is 6.03 Å². The topological polar surface area (TPSA) is 56.1 Å². The van der Waals surface area contributed by atoms with Crippen LogP contribution in [0.2, 0.25) is 0 Å². The summed E-state index contributed by atoms with van der Waals surface area (Å²) in [6.07, 6.45) is 3.78. The van der Waals surface area contributed by atoms with Crippen LogP contribution in [0.3, 0.4) is 0 Å². The van der Waals surface area contributed by atoms with Gasteiger partial charge in [0.25, 0.3) is 0 Å². The number of urea groups is 1. The number of nitrogens with zero attached hydrogens (tertiary/aromatic N) is 2. The molecular formula is C12H21N3O. The number of nitriles is 1. The number of nitrogens with one attached hydrogen (secondary N) is 1. The second-order valence-electron chi connectivity index (χ2n) is 4.59. The molecule has 4 nitrogen and oxygen atoms in total. The van der Waals surface area contributed by atoms with Crippen LogP contribution in [0.4, 0.5) is 4.79 Å². The molecule has 1 N–H and O–H groups in total. The van der Waals surface area contributed by atoms with E-state index < -0.39 is 0 Å².